The minimum atomic E-state index is -0.164. The van der Waals surface area contributed by atoms with E-state index in [4.69, 9.17) is 5.73 Å². The Hall–Kier alpha value is -3.42. The first-order valence-corrected chi connectivity index (χ1v) is 10.0. The number of carbonyl (C=O) groups is 2. The Morgan fingerprint density at radius 3 is 2.63 bits per heavy atom. The zero-order valence-electron chi connectivity index (χ0n) is 17.7. The van der Waals surface area contributed by atoms with Crippen LogP contribution in [-0.2, 0) is 11.2 Å². The summed E-state index contributed by atoms with van der Waals surface area (Å²) >= 11 is 0. The van der Waals surface area contributed by atoms with Gasteiger partial charge >= 0.3 is 0 Å². The van der Waals surface area contributed by atoms with Gasteiger partial charge in [0.15, 0.2) is 0 Å². The van der Waals surface area contributed by atoms with Gasteiger partial charge in [-0.15, -0.1) is 0 Å². The van der Waals surface area contributed by atoms with Crippen LogP contribution in [-0.4, -0.2) is 41.4 Å². The molecule has 0 spiro atoms. The predicted octanol–water partition coefficient (Wildman–Crippen LogP) is 2.39. The highest BCUT2D eigenvalue weighted by atomic mass is 16.2. The highest BCUT2D eigenvalue weighted by Gasteiger charge is 2.13. The van der Waals surface area contributed by atoms with Crippen LogP contribution >= 0.6 is 0 Å². The van der Waals surface area contributed by atoms with Gasteiger partial charge in [-0.3, -0.25) is 9.59 Å². The van der Waals surface area contributed by atoms with Crippen LogP contribution < -0.4 is 21.7 Å². The third-order valence-corrected chi connectivity index (χ3v) is 4.25. The van der Waals surface area contributed by atoms with E-state index in [9.17, 15) is 9.59 Å². The van der Waals surface area contributed by atoms with Gasteiger partial charge < -0.3 is 21.7 Å². The average Bonchev–Trinajstić information content (AvgIpc) is 2.72. The van der Waals surface area contributed by atoms with E-state index >= 15 is 0 Å². The van der Waals surface area contributed by atoms with Crippen LogP contribution in [0.25, 0.3) is 6.08 Å². The Balaban J connectivity index is 1.78. The summed E-state index contributed by atoms with van der Waals surface area (Å²) in [5.74, 6) is 0.727. The molecule has 2 amide bonds. The van der Waals surface area contributed by atoms with Gasteiger partial charge in [-0.2, -0.15) is 0 Å². The van der Waals surface area contributed by atoms with Gasteiger partial charge in [0, 0.05) is 37.6 Å². The molecule has 2 heterocycles. The molecule has 0 radical (unpaired) electrons. The topological polar surface area (TPSA) is 122 Å². The van der Waals surface area contributed by atoms with E-state index in [-0.39, 0.29) is 17.9 Å². The van der Waals surface area contributed by atoms with E-state index in [0.29, 0.717) is 23.7 Å². The SMILES string of the molecule is CNC(=O)c1ccc(CCCCNC(=O)C=Cc2ccc(N)nc2)nc1NC(C)C. The lowest BCUT2D eigenvalue weighted by Crippen LogP contribution is -2.23. The standard InChI is InChI=1S/C22H30N6O2/c1-15(2)27-21-18(22(30)24-3)10-9-17(28-21)6-4-5-13-25-20(29)12-8-16-7-11-19(23)26-14-16/h7-12,14-15H,4-6,13H2,1-3H3,(H2,23,26)(H,24,30)(H,25,29)(H,27,28). The van der Waals surface area contributed by atoms with E-state index in [1.54, 1.807) is 37.5 Å². The Morgan fingerprint density at radius 2 is 1.97 bits per heavy atom. The lowest BCUT2D eigenvalue weighted by Gasteiger charge is -2.14. The van der Waals surface area contributed by atoms with Crippen LogP contribution in [0.5, 0.6) is 0 Å². The Morgan fingerprint density at radius 1 is 1.17 bits per heavy atom. The number of aryl methyl sites for hydroxylation is 1. The molecule has 0 bridgehead atoms. The van der Waals surface area contributed by atoms with Crippen molar-refractivity contribution in [3.05, 3.63) is 53.4 Å². The molecule has 0 saturated carbocycles. The first-order valence-electron chi connectivity index (χ1n) is 10.0. The summed E-state index contributed by atoms with van der Waals surface area (Å²) in [6.45, 7) is 4.59. The lowest BCUT2D eigenvalue weighted by molar-refractivity contribution is -0.116. The zero-order chi connectivity index (χ0) is 21.9. The van der Waals surface area contributed by atoms with Gasteiger partial charge in [0.25, 0.3) is 5.91 Å². The summed E-state index contributed by atoms with van der Waals surface area (Å²) in [4.78, 5) is 32.5. The molecule has 0 fully saturated rings. The van der Waals surface area contributed by atoms with Crippen LogP contribution in [0.4, 0.5) is 11.6 Å². The van der Waals surface area contributed by atoms with E-state index in [2.05, 4.69) is 25.9 Å². The van der Waals surface area contributed by atoms with Crippen molar-refractivity contribution >= 4 is 29.5 Å². The quantitative estimate of drug-likeness (QED) is 0.352. The fourth-order valence-electron chi connectivity index (χ4n) is 2.73. The van der Waals surface area contributed by atoms with Crippen molar-refractivity contribution in [2.75, 3.05) is 24.6 Å². The third kappa shape index (κ3) is 7.54. The molecule has 5 N–H and O–H groups in total. The monoisotopic (exact) mass is 410 g/mol. The first-order chi connectivity index (χ1) is 14.4. The summed E-state index contributed by atoms with van der Waals surface area (Å²) in [6, 6.07) is 7.33. The van der Waals surface area contributed by atoms with Crippen molar-refractivity contribution in [1.82, 2.24) is 20.6 Å². The number of anilines is 2. The number of unbranched alkanes of at least 4 members (excludes halogenated alkanes) is 1. The number of rotatable bonds is 10. The van der Waals surface area contributed by atoms with Crippen molar-refractivity contribution in [2.45, 2.75) is 39.2 Å². The summed E-state index contributed by atoms with van der Waals surface area (Å²) in [5.41, 5.74) is 7.79. The first kappa shape index (κ1) is 22.9. The molecular formula is C22H30N6O2. The normalized spacial score (nSPS) is 10.9. The lowest BCUT2D eigenvalue weighted by atomic mass is 10.1. The van der Waals surface area contributed by atoms with Gasteiger partial charge in [0.2, 0.25) is 5.91 Å². The van der Waals surface area contributed by atoms with Gasteiger partial charge in [-0.1, -0.05) is 0 Å². The highest BCUT2D eigenvalue weighted by molar-refractivity contribution is 5.98. The minimum absolute atomic E-state index is 0.150. The van der Waals surface area contributed by atoms with Crippen molar-refractivity contribution in [2.24, 2.45) is 0 Å². The maximum absolute atomic E-state index is 12.0. The molecule has 0 unspecified atom stereocenters. The second-order valence-electron chi connectivity index (χ2n) is 7.17. The minimum Gasteiger partial charge on any atom is -0.384 e. The molecule has 30 heavy (non-hydrogen) atoms. The number of nitrogen functional groups attached to an aromatic ring is 1. The summed E-state index contributed by atoms with van der Waals surface area (Å²) in [6.07, 6.45) is 7.26. The number of carbonyl (C=O) groups excluding carboxylic acids is 2. The Bertz CT molecular complexity index is 878. The maximum atomic E-state index is 12.0. The summed E-state index contributed by atoms with van der Waals surface area (Å²) in [5, 5.41) is 8.73. The fraction of sp³-hybridized carbons (Fsp3) is 0.364. The van der Waals surface area contributed by atoms with Crippen LogP contribution in [0, 0.1) is 0 Å². The number of hydrogen-bond acceptors (Lipinski definition) is 6. The van der Waals surface area contributed by atoms with E-state index in [1.165, 1.54) is 6.08 Å². The number of hydrogen-bond donors (Lipinski definition) is 4. The molecule has 0 aliphatic rings. The van der Waals surface area contributed by atoms with Crippen LogP contribution in [0.15, 0.2) is 36.5 Å². The molecule has 0 aliphatic carbocycles. The Kier molecular flexibility index (Phi) is 8.80. The molecule has 0 saturated heterocycles. The molecular weight excluding hydrogens is 380 g/mol. The van der Waals surface area contributed by atoms with Crippen LogP contribution in [0.3, 0.4) is 0 Å². The molecule has 8 heteroatoms. The van der Waals surface area contributed by atoms with Crippen molar-refractivity contribution in [1.29, 1.82) is 0 Å². The highest BCUT2D eigenvalue weighted by Crippen LogP contribution is 2.16. The number of aromatic nitrogens is 2. The van der Waals surface area contributed by atoms with Gasteiger partial charge in [0.1, 0.15) is 11.6 Å². The Labute approximate surface area is 177 Å². The smallest absolute Gasteiger partial charge is 0.254 e. The van der Waals surface area contributed by atoms with Crippen molar-refractivity contribution in [3.63, 3.8) is 0 Å². The molecule has 2 aromatic heterocycles. The van der Waals surface area contributed by atoms with Gasteiger partial charge in [-0.25, -0.2) is 9.97 Å². The summed E-state index contributed by atoms with van der Waals surface area (Å²) in [7, 11) is 1.60. The molecule has 160 valence electrons. The average molecular weight is 411 g/mol. The van der Waals surface area contributed by atoms with E-state index < -0.39 is 0 Å². The van der Waals surface area contributed by atoms with Crippen LogP contribution in [0.2, 0.25) is 0 Å². The number of nitrogens with two attached hydrogens (primary N) is 1. The number of nitrogens with one attached hydrogen (secondary N) is 3. The summed E-state index contributed by atoms with van der Waals surface area (Å²) < 4.78 is 0. The molecule has 0 aliphatic heterocycles. The molecule has 0 aromatic carbocycles. The van der Waals surface area contributed by atoms with Crippen molar-refractivity contribution in [3.8, 4) is 0 Å². The number of nitrogens with zero attached hydrogens (tertiary/aromatic N) is 2. The molecule has 0 atom stereocenters. The van der Waals surface area contributed by atoms with E-state index in [1.807, 2.05) is 19.9 Å². The maximum Gasteiger partial charge on any atom is 0.254 e. The fourth-order valence-corrected chi connectivity index (χ4v) is 2.73. The predicted molar refractivity (Wildman–Crippen MR) is 120 cm³/mol. The second-order valence-corrected chi connectivity index (χ2v) is 7.17. The zero-order valence-corrected chi connectivity index (χ0v) is 17.7. The van der Waals surface area contributed by atoms with Crippen molar-refractivity contribution < 1.29 is 9.59 Å². The number of pyridine rings is 2. The molecule has 2 aromatic rings. The largest absolute Gasteiger partial charge is 0.384 e. The van der Waals surface area contributed by atoms with Gasteiger partial charge in [-0.05, 0) is 69.0 Å². The van der Waals surface area contributed by atoms with E-state index in [0.717, 1.165) is 30.5 Å². The molecule has 8 nitrogen and oxygen atoms in total. The third-order valence-electron chi connectivity index (χ3n) is 4.25. The second kappa shape index (κ2) is 11.5. The molecule has 2 rings (SSSR count). The number of amides is 2. The van der Waals surface area contributed by atoms with Gasteiger partial charge in [0.05, 0.1) is 5.56 Å². The van der Waals surface area contributed by atoms with Crippen LogP contribution in [0.1, 0.15) is 48.3 Å².